The van der Waals surface area contributed by atoms with Gasteiger partial charge in [0, 0.05) is 42.4 Å². The summed E-state index contributed by atoms with van der Waals surface area (Å²) in [6.07, 6.45) is 4.71. The second-order valence-electron chi connectivity index (χ2n) is 6.58. The number of carbonyl (C=O) groups excluding carboxylic acids is 1. The number of aromatic nitrogens is 2. The summed E-state index contributed by atoms with van der Waals surface area (Å²) >= 11 is 0. The maximum absolute atomic E-state index is 12.7. The lowest BCUT2D eigenvalue weighted by Crippen LogP contribution is -2.39. The molecule has 1 unspecified atom stereocenters. The summed E-state index contributed by atoms with van der Waals surface area (Å²) in [7, 11) is 0. The van der Waals surface area contributed by atoms with E-state index in [1.807, 2.05) is 30.2 Å². The van der Waals surface area contributed by atoms with Crippen LogP contribution in [-0.4, -0.2) is 34.0 Å². The third-order valence-electron chi connectivity index (χ3n) is 4.91. The van der Waals surface area contributed by atoms with Crippen LogP contribution in [0.2, 0.25) is 0 Å². The molecule has 25 heavy (non-hydrogen) atoms. The molecule has 1 fully saturated rings. The largest absolute Gasteiger partial charge is 0.351 e. The third-order valence-corrected chi connectivity index (χ3v) is 4.91. The zero-order valence-electron chi connectivity index (χ0n) is 14.3. The fourth-order valence-corrected chi connectivity index (χ4v) is 3.46. The zero-order valence-corrected chi connectivity index (χ0v) is 14.3. The van der Waals surface area contributed by atoms with Crippen molar-refractivity contribution in [2.75, 3.05) is 13.1 Å². The van der Waals surface area contributed by atoms with Crippen LogP contribution in [-0.2, 0) is 6.42 Å². The van der Waals surface area contributed by atoms with Gasteiger partial charge in [-0.15, -0.1) is 0 Å². The smallest absolute Gasteiger partial charge is 0.292 e. The SMILES string of the molecule is CCc1cc(C(=O)N2CCCC(c3cc4ccccc4cn3)C2)on1. The lowest BCUT2D eigenvalue weighted by Gasteiger charge is -2.31. The highest BCUT2D eigenvalue weighted by Gasteiger charge is 2.28. The molecule has 0 spiro atoms. The number of hydrogen-bond donors (Lipinski definition) is 0. The molecule has 1 saturated heterocycles. The summed E-state index contributed by atoms with van der Waals surface area (Å²) in [5.74, 6) is 0.525. The van der Waals surface area contributed by atoms with Crippen LogP contribution in [0.15, 0.2) is 47.1 Å². The minimum absolute atomic E-state index is 0.0716. The predicted octanol–water partition coefficient (Wildman–Crippen LogP) is 3.81. The standard InChI is InChI=1S/C20H21N3O2/c1-2-17-11-19(25-22-17)20(24)23-9-5-8-16(13-23)18-10-14-6-3-4-7-15(14)12-21-18/h3-4,6-7,10-12,16H,2,5,8-9,13H2,1H3. The number of likely N-dealkylation sites (tertiary alicyclic amines) is 1. The summed E-state index contributed by atoms with van der Waals surface area (Å²) in [6.45, 7) is 3.42. The van der Waals surface area contributed by atoms with Crippen LogP contribution < -0.4 is 0 Å². The number of rotatable bonds is 3. The molecule has 0 bridgehead atoms. The minimum Gasteiger partial charge on any atom is -0.351 e. The number of carbonyl (C=O) groups is 1. The zero-order chi connectivity index (χ0) is 17.2. The van der Waals surface area contributed by atoms with Gasteiger partial charge in [0.25, 0.3) is 5.91 Å². The molecule has 0 radical (unpaired) electrons. The van der Waals surface area contributed by atoms with E-state index in [1.54, 1.807) is 6.07 Å². The van der Waals surface area contributed by atoms with Gasteiger partial charge >= 0.3 is 0 Å². The molecule has 5 heteroatoms. The first-order chi connectivity index (χ1) is 12.2. The lowest BCUT2D eigenvalue weighted by molar-refractivity contribution is 0.0664. The number of amides is 1. The Morgan fingerprint density at radius 3 is 2.92 bits per heavy atom. The molecular formula is C20H21N3O2. The van der Waals surface area contributed by atoms with E-state index in [-0.39, 0.29) is 11.8 Å². The van der Waals surface area contributed by atoms with Crippen molar-refractivity contribution in [2.24, 2.45) is 0 Å². The second-order valence-corrected chi connectivity index (χ2v) is 6.58. The summed E-state index contributed by atoms with van der Waals surface area (Å²) in [4.78, 5) is 19.2. The number of benzene rings is 1. The first-order valence-corrected chi connectivity index (χ1v) is 8.84. The molecular weight excluding hydrogens is 314 g/mol. The van der Waals surface area contributed by atoms with Gasteiger partial charge < -0.3 is 9.42 Å². The fraction of sp³-hybridized carbons (Fsp3) is 0.350. The van der Waals surface area contributed by atoms with Crippen molar-refractivity contribution >= 4 is 16.7 Å². The Hall–Kier alpha value is -2.69. The Morgan fingerprint density at radius 1 is 1.28 bits per heavy atom. The van der Waals surface area contributed by atoms with Gasteiger partial charge in [0.05, 0.1) is 5.69 Å². The minimum atomic E-state index is -0.0716. The van der Waals surface area contributed by atoms with E-state index in [9.17, 15) is 4.79 Å². The molecule has 1 atom stereocenters. The summed E-state index contributed by atoms with van der Waals surface area (Å²) in [5, 5.41) is 6.26. The molecule has 1 aliphatic heterocycles. The van der Waals surface area contributed by atoms with E-state index in [4.69, 9.17) is 4.52 Å². The third kappa shape index (κ3) is 3.14. The van der Waals surface area contributed by atoms with Crippen LogP contribution in [0.5, 0.6) is 0 Å². The van der Waals surface area contributed by atoms with Gasteiger partial charge in [-0.05, 0) is 30.7 Å². The molecule has 0 aliphatic carbocycles. The highest BCUT2D eigenvalue weighted by atomic mass is 16.5. The van der Waals surface area contributed by atoms with E-state index in [0.29, 0.717) is 12.3 Å². The topological polar surface area (TPSA) is 59.2 Å². The molecule has 1 amide bonds. The van der Waals surface area contributed by atoms with Gasteiger partial charge in [0.1, 0.15) is 0 Å². The quantitative estimate of drug-likeness (QED) is 0.730. The van der Waals surface area contributed by atoms with Crippen molar-refractivity contribution < 1.29 is 9.32 Å². The molecule has 1 aliphatic rings. The Morgan fingerprint density at radius 2 is 2.12 bits per heavy atom. The van der Waals surface area contributed by atoms with Crippen molar-refractivity contribution in [3.63, 3.8) is 0 Å². The molecule has 128 valence electrons. The van der Waals surface area contributed by atoms with Crippen LogP contribution in [0, 0.1) is 0 Å². The molecule has 4 rings (SSSR count). The van der Waals surface area contributed by atoms with Crippen LogP contribution in [0.25, 0.3) is 10.8 Å². The number of nitrogens with zero attached hydrogens (tertiary/aromatic N) is 3. The van der Waals surface area contributed by atoms with Crippen LogP contribution in [0.1, 0.15) is 47.6 Å². The van der Waals surface area contributed by atoms with Crippen molar-refractivity contribution in [1.82, 2.24) is 15.0 Å². The average molecular weight is 335 g/mol. The monoisotopic (exact) mass is 335 g/mol. The summed E-state index contributed by atoms with van der Waals surface area (Å²) in [6, 6.07) is 12.1. The number of piperidine rings is 1. The Kier molecular flexibility index (Phi) is 4.22. The van der Waals surface area contributed by atoms with E-state index < -0.39 is 0 Å². The Labute approximate surface area is 146 Å². The molecule has 2 aromatic heterocycles. The van der Waals surface area contributed by atoms with Crippen LogP contribution >= 0.6 is 0 Å². The highest BCUT2D eigenvalue weighted by molar-refractivity contribution is 5.91. The summed E-state index contributed by atoms with van der Waals surface area (Å²) < 4.78 is 5.21. The van der Waals surface area contributed by atoms with Crippen molar-refractivity contribution in [3.8, 4) is 0 Å². The number of hydrogen-bond acceptors (Lipinski definition) is 4. The fourth-order valence-electron chi connectivity index (χ4n) is 3.46. The van der Waals surface area contributed by atoms with Gasteiger partial charge in [0.15, 0.2) is 0 Å². The van der Waals surface area contributed by atoms with Gasteiger partial charge in [-0.1, -0.05) is 36.3 Å². The van der Waals surface area contributed by atoms with E-state index in [0.717, 1.165) is 42.6 Å². The lowest BCUT2D eigenvalue weighted by atomic mass is 9.93. The predicted molar refractivity (Wildman–Crippen MR) is 95.5 cm³/mol. The number of aryl methyl sites for hydroxylation is 1. The van der Waals surface area contributed by atoms with E-state index in [2.05, 4.69) is 28.3 Å². The van der Waals surface area contributed by atoms with E-state index in [1.165, 1.54) is 5.39 Å². The second kappa shape index (κ2) is 6.67. The van der Waals surface area contributed by atoms with Gasteiger partial charge in [-0.25, -0.2) is 0 Å². The summed E-state index contributed by atoms with van der Waals surface area (Å²) in [5.41, 5.74) is 1.87. The van der Waals surface area contributed by atoms with Gasteiger partial charge in [0.2, 0.25) is 5.76 Å². The van der Waals surface area contributed by atoms with Crippen LogP contribution in [0.3, 0.4) is 0 Å². The molecule has 3 aromatic rings. The molecule has 3 heterocycles. The molecule has 5 nitrogen and oxygen atoms in total. The molecule has 0 saturated carbocycles. The van der Waals surface area contributed by atoms with E-state index >= 15 is 0 Å². The van der Waals surface area contributed by atoms with Crippen molar-refractivity contribution in [3.05, 3.63) is 59.7 Å². The Bertz CT molecular complexity index is 903. The normalized spacial score (nSPS) is 17.8. The highest BCUT2D eigenvalue weighted by Crippen LogP contribution is 2.28. The Balaban J connectivity index is 1.54. The van der Waals surface area contributed by atoms with Crippen molar-refractivity contribution in [1.29, 1.82) is 0 Å². The van der Waals surface area contributed by atoms with Gasteiger partial charge in [-0.2, -0.15) is 0 Å². The first kappa shape index (κ1) is 15.8. The van der Waals surface area contributed by atoms with Crippen LogP contribution in [0.4, 0.5) is 0 Å². The number of fused-ring (bicyclic) bond motifs is 1. The van der Waals surface area contributed by atoms with Crippen molar-refractivity contribution in [2.45, 2.75) is 32.1 Å². The van der Waals surface area contributed by atoms with Gasteiger partial charge in [-0.3, -0.25) is 9.78 Å². The molecule has 0 N–H and O–H groups in total. The molecule has 1 aromatic carbocycles. The maximum Gasteiger partial charge on any atom is 0.292 e. The maximum atomic E-state index is 12.7. The average Bonchev–Trinajstić information content (AvgIpc) is 3.16. The number of pyridine rings is 1. The first-order valence-electron chi connectivity index (χ1n) is 8.84.